The number of nitrogens with zero attached hydrogens (tertiary/aromatic N) is 1. The van der Waals surface area contributed by atoms with Crippen molar-refractivity contribution in [3.8, 4) is 5.75 Å². The van der Waals surface area contributed by atoms with Gasteiger partial charge in [0, 0.05) is 19.0 Å². The molecule has 0 radical (unpaired) electrons. The Morgan fingerprint density at radius 1 is 1.38 bits per heavy atom. The number of rotatable bonds is 8. The van der Waals surface area contributed by atoms with Crippen molar-refractivity contribution in [2.45, 2.75) is 38.5 Å². The zero-order chi connectivity index (χ0) is 20.8. The van der Waals surface area contributed by atoms with Crippen molar-refractivity contribution < 1.29 is 19.6 Å². The molecule has 29 heavy (non-hydrogen) atoms. The molecule has 3 rings (SSSR count). The first-order chi connectivity index (χ1) is 14.0. The van der Waals surface area contributed by atoms with Gasteiger partial charge < -0.3 is 15.2 Å². The van der Waals surface area contributed by atoms with Gasteiger partial charge in [0.25, 0.3) is 5.69 Å². The number of carbonyl (C=O) groups is 1. The first-order valence-corrected chi connectivity index (χ1v) is 9.65. The van der Waals surface area contributed by atoms with Crippen LogP contribution in [0, 0.1) is 10.1 Å². The number of aliphatic hydroxyl groups excluding tert-OH is 1. The minimum atomic E-state index is -0.976. The predicted molar refractivity (Wildman–Crippen MR) is 107 cm³/mol. The van der Waals surface area contributed by atoms with Crippen LogP contribution in [0.15, 0.2) is 42.5 Å². The molecule has 2 aromatic rings. The molecule has 0 bridgehead atoms. The van der Waals surface area contributed by atoms with E-state index in [4.69, 9.17) is 4.74 Å². The summed E-state index contributed by atoms with van der Waals surface area (Å²) in [5, 5.41) is 27.1. The molecule has 154 valence electrons. The smallest absolute Gasteiger partial charge is 0.275 e. The Hall–Kier alpha value is -2.97. The fourth-order valence-electron chi connectivity index (χ4n) is 3.41. The molecule has 1 heterocycles. The van der Waals surface area contributed by atoms with Crippen LogP contribution in [0.3, 0.4) is 0 Å². The lowest BCUT2D eigenvalue weighted by Gasteiger charge is -2.27. The first-order valence-electron chi connectivity index (χ1n) is 9.65. The summed E-state index contributed by atoms with van der Waals surface area (Å²) < 4.78 is 5.60. The fourth-order valence-corrected chi connectivity index (χ4v) is 3.41. The third-order valence-corrected chi connectivity index (χ3v) is 4.88. The lowest BCUT2D eigenvalue weighted by atomic mass is 9.98. The van der Waals surface area contributed by atoms with Crippen LogP contribution in [-0.4, -0.2) is 29.1 Å². The molecule has 1 aliphatic rings. The van der Waals surface area contributed by atoms with Crippen LogP contribution in [-0.2, 0) is 11.2 Å². The molecule has 0 aromatic heterocycles. The number of nitro groups is 1. The van der Waals surface area contributed by atoms with E-state index < -0.39 is 11.0 Å². The zero-order valence-electron chi connectivity index (χ0n) is 16.3. The summed E-state index contributed by atoms with van der Waals surface area (Å²) >= 11 is 0. The SMILES string of the molecule is CC(O)c1cc(OCCCC(=O)NC2NCCc3ccccc32)ccc1[N+](=O)[O-]. The van der Waals surface area contributed by atoms with Gasteiger partial charge in [-0.3, -0.25) is 20.2 Å². The summed E-state index contributed by atoms with van der Waals surface area (Å²) in [5.74, 6) is 0.353. The number of amides is 1. The third-order valence-electron chi connectivity index (χ3n) is 4.88. The summed E-state index contributed by atoms with van der Waals surface area (Å²) in [7, 11) is 0. The summed E-state index contributed by atoms with van der Waals surface area (Å²) in [6.07, 6.45) is 0.588. The van der Waals surface area contributed by atoms with Crippen LogP contribution in [0.2, 0.25) is 0 Å². The highest BCUT2D eigenvalue weighted by molar-refractivity contribution is 5.76. The van der Waals surface area contributed by atoms with E-state index in [2.05, 4.69) is 16.7 Å². The van der Waals surface area contributed by atoms with Crippen molar-refractivity contribution >= 4 is 11.6 Å². The molecule has 0 fully saturated rings. The van der Waals surface area contributed by atoms with E-state index in [0.29, 0.717) is 25.2 Å². The number of hydrogen-bond donors (Lipinski definition) is 3. The van der Waals surface area contributed by atoms with Gasteiger partial charge in [0.15, 0.2) is 0 Å². The van der Waals surface area contributed by atoms with Gasteiger partial charge >= 0.3 is 0 Å². The average molecular weight is 399 g/mol. The van der Waals surface area contributed by atoms with Crippen molar-refractivity contribution in [1.82, 2.24) is 10.6 Å². The van der Waals surface area contributed by atoms with Gasteiger partial charge in [-0.25, -0.2) is 0 Å². The molecule has 2 aromatic carbocycles. The molecule has 8 nitrogen and oxygen atoms in total. The Morgan fingerprint density at radius 3 is 2.93 bits per heavy atom. The number of carbonyl (C=O) groups excluding carboxylic acids is 1. The van der Waals surface area contributed by atoms with Gasteiger partial charge in [0.1, 0.15) is 11.9 Å². The van der Waals surface area contributed by atoms with Crippen LogP contribution in [0.4, 0.5) is 5.69 Å². The van der Waals surface area contributed by atoms with Crippen LogP contribution in [0.25, 0.3) is 0 Å². The van der Waals surface area contributed by atoms with E-state index in [1.54, 1.807) is 0 Å². The highest BCUT2D eigenvalue weighted by Crippen LogP contribution is 2.29. The Balaban J connectivity index is 1.48. The third kappa shape index (κ3) is 5.30. The maximum atomic E-state index is 12.3. The van der Waals surface area contributed by atoms with Crippen molar-refractivity contribution in [1.29, 1.82) is 0 Å². The average Bonchev–Trinajstić information content (AvgIpc) is 2.71. The minimum absolute atomic E-state index is 0.0730. The minimum Gasteiger partial charge on any atom is -0.494 e. The van der Waals surface area contributed by atoms with Gasteiger partial charge in [0.05, 0.1) is 23.2 Å². The van der Waals surface area contributed by atoms with E-state index in [1.807, 2.05) is 18.2 Å². The fraction of sp³-hybridized carbons (Fsp3) is 0.381. The Bertz CT molecular complexity index is 884. The van der Waals surface area contributed by atoms with Gasteiger partial charge in [0.2, 0.25) is 5.91 Å². The molecule has 0 saturated carbocycles. The Labute approximate surface area is 169 Å². The number of aliphatic hydroxyl groups is 1. The first kappa shape index (κ1) is 20.8. The molecule has 1 amide bonds. The van der Waals surface area contributed by atoms with Crippen molar-refractivity contribution in [2.24, 2.45) is 0 Å². The predicted octanol–water partition coefficient (Wildman–Crippen LogP) is 2.77. The second-order valence-electron chi connectivity index (χ2n) is 7.01. The lowest BCUT2D eigenvalue weighted by molar-refractivity contribution is -0.386. The van der Waals surface area contributed by atoms with E-state index >= 15 is 0 Å². The standard InChI is InChI=1S/C21H25N3O5/c1-14(25)18-13-16(8-9-19(18)24(27)28)29-12-4-7-20(26)23-21-17-6-3-2-5-15(17)10-11-22-21/h2-3,5-6,8-9,13-14,21-22,25H,4,7,10-12H2,1H3,(H,23,26). The largest absolute Gasteiger partial charge is 0.494 e. The highest BCUT2D eigenvalue weighted by Gasteiger charge is 2.21. The summed E-state index contributed by atoms with van der Waals surface area (Å²) in [6.45, 7) is 2.57. The maximum absolute atomic E-state index is 12.3. The van der Waals surface area contributed by atoms with E-state index in [0.717, 1.165) is 18.5 Å². The molecule has 8 heteroatoms. The quantitative estimate of drug-likeness (QED) is 0.357. The zero-order valence-corrected chi connectivity index (χ0v) is 16.3. The normalized spacial score (nSPS) is 16.6. The topological polar surface area (TPSA) is 114 Å². The molecule has 0 aliphatic carbocycles. The number of ether oxygens (including phenoxy) is 1. The number of nitrogens with one attached hydrogen (secondary N) is 2. The number of benzene rings is 2. The van der Waals surface area contributed by atoms with Crippen LogP contribution in [0.5, 0.6) is 5.75 Å². The molecular weight excluding hydrogens is 374 g/mol. The maximum Gasteiger partial charge on any atom is 0.275 e. The van der Waals surface area contributed by atoms with E-state index in [-0.39, 0.29) is 23.3 Å². The molecule has 2 unspecified atom stereocenters. The second kappa shape index (κ2) is 9.49. The number of nitro benzene ring substituents is 1. The van der Waals surface area contributed by atoms with Gasteiger partial charge in [-0.05, 0) is 43.0 Å². The molecule has 1 aliphatic heterocycles. The summed E-state index contributed by atoms with van der Waals surface area (Å²) in [5.41, 5.74) is 2.39. The van der Waals surface area contributed by atoms with Gasteiger partial charge in [-0.2, -0.15) is 0 Å². The second-order valence-corrected chi connectivity index (χ2v) is 7.01. The molecule has 0 saturated heterocycles. The molecule has 3 N–H and O–H groups in total. The summed E-state index contributed by atoms with van der Waals surface area (Å²) in [4.78, 5) is 22.8. The Kier molecular flexibility index (Phi) is 6.79. The van der Waals surface area contributed by atoms with Crippen molar-refractivity contribution in [3.05, 3.63) is 69.3 Å². The molecular formula is C21H25N3O5. The lowest BCUT2D eigenvalue weighted by Crippen LogP contribution is -2.42. The van der Waals surface area contributed by atoms with Crippen LogP contribution >= 0.6 is 0 Å². The monoisotopic (exact) mass is 399 g/mol. The van der Waals surface area contributed by atoms with Crippen LogP contribution in [0.1, 0.15) is 48.7 Å². The number of fused-ring (bicyclic) bond motifs is 1. The molecule has 0 spiro atoms. The van der Waals surface area contributed by atoms with E-state index in [1.165, 1.54) is 30.7 Å². The summed E-state index contributed by atoms with van der Waals surface area (Å²) in [6, 6.07) is 12.3. The Morgan fingerprint density at radius 2 is 2.17 bits per heavy atom. The van der Waals surface area contributed by atoms with Crippen LogP contribution < -0.4 is 15.4 Å². The van der Waals surface area contributed by atoms with Gasteiger partial charge in [-0.15, -0.1) is 0 Å². The van der Waals surface area contributed by atoms with Crippen molar-refractivity contribution in [3.63, 3.8) is 0 Å². The molecule has 2 atom stereocenters. The highest BCUT2D eigenvalue weighted by atomic mass is 16.6. The number of hydrogen-bond acceptors (Lipinski definition) is 6. The van der Waals surface area contributed by atoms with E-state index in [9.17, 15) is 20.0 Å². The van der Waals surface area contributed by atoms with Crippen molar-refractivity contribution in [2.75, 3.05) is 13.2 Å². The van der Waals surface area contributed by atoms with Gasteiger partial charge in [-0.1, -0.05) is 24.3 Å².